The van der Waals surface area contributed by atoms with E-state index in [2.05, 4.69) is 4.98 Å². The van der Waals surface area contributed by atoms with Crippen LogP contribution in [-0.2, 0) is 4.79 Å². The van der Waals surface area contributed by atoms with Gasteiger partial charge in [0.25, 0.3) is 0 Å². The number of nitrogens with zero attached hydrogens (tertiary/aromatic N) is 2. The van der Waals surface area contributed by atoms with Crippen LogP contribution in [0.3, 0.4) is 0 Å². The van der Waals surface area contributed by atoms with Crippen LogP contribution in [0, 0.1) is 6.92 Å². The third kappa shape index (κ3) is 2.01. The average Bonchev–Trinajstić information content (AvgIpc) is 2.32. The normalized spacial score (nSPS) is 20.8. The Morgan fingerprint density at radius 3 is 3.06 bits per heavy atom. The minimum absolute atomic E-state index is 0.179. The van der Waals surface area contributed by atoms with E-state index >= 15 is 0 Å². The first-order valence-corrected chi connectivity index (χ1v) is 5.65. The summed E-state index contributed by atoms with van der Waals surface area (Å²) in [5.41, 5.74) is 7.77. The molecule has 16 heavy (non-hydrogen) atoms. The fourth-order valence-electron chi connectivity index (χ4n) is 2.23. The van der Waals surface area contributed by atoms with Crippen molar-refractivity contribution in [3.63, 3.8) is 0 Å². The van der Waals surface area contributed by atoms with Gasteiger partial charge >= 0.3 is 0 Å². The highest BCUT2D eigenvalue weighted by molar-refractivity contribution is 5.50. The van der Waals surface area contributed by atoms with Gasteiger partial charge in [0.05, 0.1) is 6.04 Å². The molecular weight excluding hydrogens is 202 g/mol. The fourth-order valence-corrected chi connectivity index (χ4v) is 2.23. The van der Waals surface area contributed by atoms with Gasteiger partial charge in [-0.05, 0) is 43.4 Å². The summed E-state index contributed by atoms with van der Waals surface area (Å²) in [4.78, 5) is 17.0. The summed E-state index contributed by atoms with van der Waals surface area (Å²) >= 11 is 0. The van der Waals surface area contributed by atoms with Gasteiger partial charge in [0, 0.05) is 12.7 Å². The lowest BCUT2D eigenvalue weighted by atomic mass is 9.96. The molecule has 86 valence electrons. The highest BCUT2D eigenvalue weighted by Crippen LogP contribution is 2.30. The molecule has 0 unspecified atom stereocenters. The van der Waals surface area contributed by atoms with E-state index in [0.29, 0.717) is 5.82 Å². The number of aryl methyl sites for hydroxylation is 1. The van der Waals surface area contributed by atoms with Crippen LogP contribution in [0.2, 0.25) is 0 Å². The maximum atomic E-state index is 11.0. The molecule has 0 aliphatic carbocycles. The Balaban J connectivity index is 2.27. The molecule has 4 nitrogen and oxygen atoms in total. The van der Waals surface area contributed by atoms with Crippen LogP contribution >= 0.6 is 0 Å². The molecule has 0 radical (unpaired) electrons. The monoisotopic (exact) mass is 219 g/mol. The van der Waals surface area contributed by atoms with Crippen LogP contribution in [-0.4, -0.2) is 22.8 Å². The lowest BCUT2D eigenvalue weighted by Crippen LogP contribution is -2.32. The van der Waals surface area contributed by atoms with E-state index < -0.39 is 0 Å². The van der Waals surface area contributed by atoms with E-state index in [0.717, 1.165) is 36.9 Å². The highest BCUT2D eigenvalue weighted by Gasteiger charge is 2.22. The quantitative estimate of drug-likeness (QED) is 0.769. The number of likely N-dealkylation sites (tertiary alicyclic amines) is 1. The SMILES string of the molecule is Cc1cc([C@@H]2CCCCN2C=O)cnc1N. The molecule has 4 heteroatoms. The van der Waals surface area contributed by atoms with E-state index in [1.54, 1.807) is 6.20 Å². The van der Waals surface area contributed by atoms with Crippen LogP contribution in [0.1, 0.15) is 36.4 Å². The first-order chi connectivity index (χ1) is 7.72. The van der Waals surface area contributed by atoms with Crippen molar-refractivity contribution in [3.05, 3.63) is 23.4 Å². The molecule has 1 saturated heterocycles. The van der Waals surface area contributed by atoms with Gasteiger partial charge in [-0.1, -0.05) is 0 Å². The van der Waals surface area contributed by atoms with Crippen molar-refractivity contribution in [2.45, 2.75) is 32.2 Å². The topological polar surface area (TPSA) is 59.2 Å². The molecule has 0 bridgehead atoms. The zero-order valence-corrected chi connectivity index (χ0v) is 9.52. The molecule has 1 fully saturated rings. The summed E-state index contributed by atoms with van der Waals surface area (Å²) in [5.74, 6) is 0.567. The molecule has 0 spiro atoms. The zero-order valence-electron chi connectivity index (χ0n) is 9.52. The number of pyridine rings is 1. The number of nitrogen functional groups attached to an aromatic ring is 1. The highest BCUT2D eigenvalue weighted by atomic mass is 16.1. The standard InChI is InChI=1S/C12H17N3O/c1-9-6-10(7-14-12(9)13)11-4-2-3-5-15(11)8-16/h6-8,11H,2-5H2,1H3,(H2,13,14)/t11-/m0/s1. The number of anilines is 1. The van der Waals surface area contributed by atoms with E-state index in [9.17, 15) is 4.79 Å². The van der Waals surface area contributed by atoms with Crippen molar-refractivity contribution in [1.29, 1.82) is 0 Å². The number of rotatable bonds is 2. The first-order valence-electron chi connectivity index (χ1n) is 5.65. The molecule has 1 aliphatic heterocycles. The molecule has 2 N–H and O–H groups in total. The third-order valence-electron chi connectivity index (χ3n) is 3.20. The number of piperidine rings is 1. The summed E-state index contributed by atoms with van der Waals surface area (Å²) in [5, 5.41) is 0. The molecule has 2 rings (SSSR count). The fraction of sp³-hybridized carbons (Fsp3) is 0.500. The molecule has 1 aromatic rings. The second kappa shape index (κ2) is 4.51. The minimum Gasteiger partial charge on any atom is -0.383 e. The van der Waals surface area contributed by atoms with Gasteiger partial charge in [0.1, 0.15) is 5.82 Å². The van der Waals surface area contributed by atoms with E-state index in [4.69, 9.17) is 5.73 Å². The van der Waals surface area contributed by atoms with Crippen molar-refractivity contribution in [1.82, 2.24) is 9.88 Å². The van der Waals surface area contributed by atoms with E-state index in [1.165, 1.54) is 6.42 Å². The molecular formula is C12H17N3O. The van der Waals surface area contributed by atoms with Crippen molar-refractivity contribution < 1.29 is 4.79 Å². The largest absolute Gasteiger partial charge is 0.383 e. The Labute approximate surface area is 95.5 Å². The lowest BCUT2D eigenvalue weighted by molar-refractivity contribution is -0.121. The minimum atomic E-state index is 0.179. The Kier molecular flexibility index (Phi) is 3.08. The van der Waals surface area contributed by atoms with Crippen molar-refractivity contribution >= 4 is 12.2 Å². The van der Waals surface area contributed by atoms with Gasteiger partial charge in [0.15, 0.2) is 0 Å². The van der Waals surface area contributed by atoms with Gasteiger partial charge in [0.2, 0.25) is 6.41 Å². The predicted octanol–water partition coefficient (Wildman–Crippen LogP) is 1.66. The average molecular weight is 219 g/mol. The molecule has 1 aliphatic rings. The zero-order chi connectivity index (χ0) is 11.5. The smallest absolute Gasteiger partial charge is 0.210 e. The Bertz CT molecular complexity index is 392. The van der Waals surface area contributed by atoms with Gasteiger partial charge in [-0.3, -0.25) is 4.79 Å². The Morgan fingerprint density at radius 2 is 2.38 bits per heavy atom. The molecule has 0 aromatic carbocycles. The summed E-state index contributed by atoms with van der Waals surface area (Å²) < 4.78 is 0. The third-order valence-corrected chi connectivity index (χ3v) is 3.20. The van der Waals surface area contributed by atoms with Crippen LogP contribution in [0.15, 0.2) is 12.3 Å². The van der Waals surface area contributed by atoms with Crippen molar-refractivity contribution in [2.24, 2.45) is 0 Å². The van der Waals surface area contributed by atoms with Gasteiger partial charge in [-0.15, -0.1) is 0 Å². The second-order valence-corrected chi connectivity index (χ2v) is 4.33. The van der Waals surface area contributed by atoms with Crippen molar-refractivity contribution in [2.75, 3.05) is 12.3 Å². The molecule has 0 saturated carbocycles. The number of aromatic nitrogens is 1. The number of carbonyl (C=O) groups is 1. The Morgan fingerprint density at radius 1 is 1.56 bits per heavy atom. The number of amides is 1. The van der Waals surface area contributed by atoms with Crippen LogP contribution < -0.4 is 5.73 Å². The summed E-state index contributed by atoms with van der Waals surface area (Å²) in [6, 6.07) is 2.22. The lowest BCUT2D eigenvalue weighted by Gasteiger charge is -2.33. The van der Waals surface area contributed by atoms with Gasteiger partial charge in [-0.25, -0.2) is 4.98 Å². The Hall–Kier alpha value is -1.58. The number of hydrogen-bond donors (Lipinski definition) is 1. The molecule has 1 atom stereocenters. The number of carbonyl (C=O) groups excluding carboxylic acids is 1. The van der Waals surface area contributed by atoms with Gasteiger partial charge < -0.3 is 10.6 Å². The van der Waals surface area contributed by atoms with E-state index in [-0.39, 0.29) is 6.04 Å². The van der Waals surface area contributed by atoms with Crippen LogP contribution in [0.25, 0.3) is 0 Å². The molecule has 1 amide bonds. The maximum Gasteiger partial charge on any atom is 0.210 e. The summed E-state index contributed by atoms with van der Waals surface area (Å²) in [7, 11) is 0. The van der Waals surface area contributed by atoms with E-state index in [1.807, 2.05) is 17.9 Å². The molecule has 2 heterocycles. The molecule has 1 aromatic heterocycles. The second-order valence-electron chi connectivity index (χ2n) is 4.33. The van der Waals surface area contributed by atoms with Gasteiger partial charge in [-0.2, -0.15) is 0 Å². The van der Waals surface area contributed by atoms with Crippen molar-refractivity contribution in [3.8, 4) is 0 Å². The predicted molar refractivity (Wildman–Crippen MR) is 62.7 cm³/mol. The first kappa shape index (κ1) is 10.9. The number of hydrogen-bond acceptors (Lipinski definition) is 3. The van der Waals surface area contributed by atoms with Crippen LogP contribution in [0.4, 0.5) is 5.82 Å². The number of nitrogens with two attached hydrogens (primary N) is 1. The summed E-state index contributed by atoms with van der Waals surface area (Å²) in [6.07, 6.45) is 6.00. The summed E-state index contributed by atoms with van der Waals surface area (Å²) in [6.45, 7) is 2.79. The maximum absolute atomic E-state index is 11.0. The van der Waals surface area contributed by atoms with Crippen LogP contribution in [0.5, 0.6) is 0 Å².